The van der Waals surface area contributed by atoms with Gasteiger partial charge in [0.15, 0.2) is 5.76 Å². The van der Waals surface area contributed by atoms with Crippen molar-refractivity contribution in [1.82, 2.24) is 5.32 Å². The molecule has 0 aliphatic heterocycles. The fourth-order valence-electron chi connectivity index (χ4n) is 1.92. The van der Waals surface area contributed by atoms with Crippen LogP contribution in [0, 0.1) is 6.92 Å². The molecule has 5 heteroatoms. The van der Waals surface area contributed by atoms with Crippen molar-refractivity contribution in [2.45, 2.75) is 39.8 Å². The molecule has 118 valence electrons. The van der Waals surface area contributed by atoms with Crippen LogP contribution in [0.15, 0.2) is 34.7 Å². The van der Waals surface area contributed by atoms with Gasteiger partial charge in [0, 0.05) is 6.04 Å². The van der Waals surface area contributed by atoms with E-state index in [4.69, 9.17) is 20.8 Å². The van der Waals surface area contributed by atoms with E-state index in [9.17, 15) is 4.79 Å². The van der Waals surface area contributed by atoms with E-state index in [1.54, 1.807) is 18.2 Å². The molecule has 0 radical (unpaired) electrons. The van der Waals surface area contributed by atoms with E-state index in [1.807, 2.05) is 32.9 Å². The highest BCUT2D eigenvalue weighted by atomic mass is 35.5. The standard InChI is InChI=1S/C17H20ClNO3/c1-4-12(3)19-17(20)15-9-8-13(22-15)10-21-16-11(2)6-5-7-14(16)18/h5-9,12H,4,10H2,1-3H3,(H,19,20). The lowest BCUT2D eigenvalue weighted by Gasteiger charge is -2.10. The number of amides is 1. The van der Waals surface area contributed by atoms with Gasteiger partial charge in [0.1, 0.15) is 18.1 Å². The topological polar surface area (TPSA) is 51.5 Å². The third kappa shape index (κ3) is 4.04. The Morgan fingerprint density at radius 3 is 2.82 bits per heavy atom. The average Bonchev–Trinajstić information content (AvgIpc) is 2.95. The first-order chi connectivity index (χ1) is 10.5. The van der Waals surface area contributed by atoms with Gasteiger partial charge in [-0.1, -0.05) is 30.7 Å². The summed E-state index contributed by atoms with van der Waals surface area (Å²) in [5, 5.41) is 3.41. The summed E-state index contributed by atoms with van der Waals surface area (Å²) >= 11 is 6.10. The molecule has 0 aliphatic rings. The molecule has 0 saturated carbocycles. The number of carbonyl (C=O) groups is 1. The maximum absolute atomic E-state index is 11.9. The molecule has 0 saturated heterocycles. The van der Waals surface area contributed by atoms with Gasteiger partial charge in [0.05, 0.1) is 5.02 Å². The molecule has 2 rings (SSSR count). The maximum Gasteiger partial charge on any atom is 0.287 e. The second-order valence-corrected chi connectivity index (χ2v) is 5.63. The quantitative estimate of drug-likeness (QED) is 0.860. The number of para-hydroxylation sites is 1. The Hall–Kier alpha value is -1.94. The molecule has 0 fully saturated rings. The lowest BCUT2D eigenvalue weighted by molar-refractivity contribution is 0.0907. The number of halogens is 1. The summed E-state index contributed by atoms with van der Waals surface area (Å²) in [4.78, 5) is 11.9. The summed E-state index contributed by atoms with van der Waals surface area (Å²) in [6.07, 6.45) is 0.869. The monoisotopic (exact) mass is 321 g/mol. The number of furan rings is 1. The van der Waals surface area contributed by atoms with Crippen molar-refractivity contribution in [2.24, 2.45) is 0 Å². The predicted octanol–water partition coefficient (Wildman–Crippen LogP) is 4.35. The number of hydrogen-bond acceptors (Lipinski definition) is 3. The summed E-state index contributed by atoms with van der Waals surface area (Å²) in [6.45, 7) is 6.11. The summed E-state index contributed by atoms with van der Waals surface area (Å²) in [7, 11) is 0. The number of carbonyl (C=O) groups excluding carboxylic acids is 1. The van der Waals surface area contributed by atoms with Gasteiger partial charge in [0.2, 0.25) is 0 Å². The van der Waals surface area contributed by atoms with E-state index < -0.39 is 0 Å². The zero-order chi connectivity index (χ0) is 16.1. The lowest BCUT2D eigenvalue weighted by atomic mass is 10.2. The van der Waals surface area contributed by atoms with Crippen molar-refractivity contribution in [3.8, 4) is 5.75 Å². The van der Waals surface area contributed by atoms with E-state index in [-0.39, 0.29) is 24.3 Å². The fraction of sp³-hybridized carbons (Fsp3) is 0.353. The minimum absolute atomic E-state index is 0.114. The minimum Gasteiger partial charge on any atom is -0.484 e. The molecular formula is C17H20ClNO3. The van der Waals surface area contributed by atoms with Crippen molar-refractivity contribution in [3.63, 3.8) is 0 Å². The molecule has 2 aromatic rings. The minimum atomic E-state index is -0.213. The Labute approximate surface area is 135 Å². The Morgan fingerprint density at radius 2 is 2.14 bits per heavy atom. The molecule has 1 aromatic heterocycles. The third-order valence-corrected chi connectivity index (χ3v) is 3.70. The third-order valence-electron chi connectivity index (χ3n) is 3.40. The molecule has 0 spiro atoms. The van der Waals surface area contributed by atoms with Crippen LogP contribution < -0.4 is 10.1 Å². The smallest absolute Gasteiger partial charge is 0.287 e. The van der Waals surface area contributed by atoms with Crippen molar-refractivity contribution in [1.29, 1.82) is 0 Å². The summed E-state index contributed by atoms with van der Waals surface area (Å²) < 4.78 is 11.2. The van der Waals surface area contributed by atoms with Gasteiger partial charge in [-0.3, -0.25) is 4.79 Å². The van der Waals surface area contributed by atoms with Gasteiger partial charge in [-0.25, -0.2) is 0 Å². The van der Waals surface area contributed by atoms with Crippen molar-refractivity contribution in [3.05, 3.63) is 52.4 Å². The first-order valence-electron chi connectivity index (χ1n) is 7.28. The van der Waals surface area contributed by atoms with E-state index in [0.717, 1.165) is 12.0 Å². The van der Waals surface area contributed by atoms with E-state index in [1.165, 1.54) is 0 Å². The van der Waals surface area contributed by atoms with Gasteiger partial charge in [0.25, 0.3) is 5.91 Å². The number of nitrogens with one attached hydrogen (secondary N) is 1. The van der Waals surface area contributed by atoms with Crippen LogP contribution >= 0.6 is 11.6 Å². The lowest BCUT2D eigenvalue weighted by Crippen LogP contribution is -2.31. The number of aryl methyl sites for hydroxylation is 1. The Kier molecular flexibility index (Phi) is 5.50. The largest absolute Gasteiger partial charge is 0.484 e. The average molecular weight is 322 g/mol. The first kappa shape index (κ1) is 16.4. The summed E-state index contributed by atoms with van der Waals surface area (Å²) in [6, 6.07) is 9.07. The maximum atomic E-state index is 11.9. The summed E-state index contributed by atoms with van der Waals surface area (Å²) in [5.74, 6) is 1.28. The summed E-state index contributed by atoms with van der Waals surface area (Å²) in [5.41, 5.74) is 0.953. The van der Waals surface area contributed by atoms with Crippen LogP contribution in [0.25, 0.3) is 0 Å². The molecule has 4 nitrogen and oxygen atoms in total. The van der Waals surface area contributed by atoms with Gasteiger partial charge >= 0.3 is 0 Å². The zero-order valence-electron chi connectivity index (χ0n) is 13.0. The van der Waals surface area contributed by atoms with Crippen LogP contribution in [-0.4, -0.2) is 11.9 Å². The van der Waals surface area contributed by atoms with E-state index >= 15 is 0 Å². The van der Waals surface area contributed by atoms with Gasteiger partial charge in [-0.15, -0.1) is 0 Å². The van der Waals surface area contributed by atoms with Crippen LogP contribution in [0.5, 0.6) is 5.75 Å². The van der Waals surface area contributed by atoms with E-state index in [2.05, 4.69) is 5.32 Å². The number of benzene rings is 1. The molecule has 0 aliphatic carbocycles. The van der Waals surface area contributed by atoms with Crippen molar-refractivity contribution >= 4 is 17.5 Å². The molecular weight excluding hydrogens is 302 g/mol. The second kappa shape index (κ2) is 7.36. The highest BCUT2D eigenvalue weighted by molar-refractivity contribution is 6.32. The van der Waals surface area contributed by atoms with Crippen LogP contribution in [0.1, 0.15) is 42.1 Å². The molecule has 1 aromatic carbocycles. The highest BCUT2D eigenvalue weighted by Crippen LogP contribution is 2.28. The number of hydrogen-bond donors (Lipinski definition) is 1. The Bertz CT molecular complexity index is 631. The SMILES string of the molecule is CCC(C)NC(=O)c1ccc(COc2c(C)cccc2Cl)o1. The molecule has 1 heterocycles. The fourth-order valence-corrected chi connectivity index (χ4v) is 2.19. The molecule has 1 N–H and O–H groups in total. The van der Waals surface area contributed by atoms with Gasteiger partial charge in [-0.2, -0.15) is 0 Å². The van der Waals surface area contributed by atoms with Crippen LogP contribution in [0.3, 0.4) is 0 Å². The molecule has 1 atom stereocenters. The van der Waals surface area contributed by atoms with Crippen molar-refractivity contribution in [2.75, 3.05) is 0 Å². The normalized spacial score (nSPS) is 12.0. The highest BCUT2D eigenvalue weighted by Gasteiger charge is 2.14. The van der Waals surface area contributed by atoms with Gasteiger partial charge in [-0.05, 0) is 44.0 Å². The molecule has 22 heavy (non-hydrogen) atoms. The Balaban J connectivity index is 1.99. The van der Waals surface area contributed by atoms with Gasteiger partial charge < -0.3 is 14.5 Å². The zero-order valence-corrected chi connectivity index (χ0v) is 13.7. The van der Waals surface area contributed by atoms with E-state index in [0.29, 0.717) is 16.5 Å². The predicted molar refractivity (Wildman–Crippen MR) is 86.4 cm³/mol. The number of ether oxygens (including phenoxy) is 1. The molecule has 1 unspecified atom stereocenters. The molecule has 1 amide bonds. The molecule has 0 bridgehead atoms. The van der Waals surface area contributed by atoms with Crippen molar-refractivity contribution < 1.29 is 13.9 Å². The second-order valence-electron chi connectivity index (χ2n) is 5.22. The first-order valence-corrected chi connectivity index (χ1v) is 7.66. The van der Waals surface area contributed by atoms with Crippen LogP contribution in [0.4, 0.5) is 0 Å². The number of rotatable bonds is 6. The van der Waals surface area contributed by atoms with Crippen LogP contribution in [-0.2, 0) is 6.61 Å². The Morgan fingerprint density at radius 1 is 1.36 bits per heavy atom. The van der Waals surface area contributed by atoms with Crippen LogP contribution in [0.2, 0.25) is 5.02 Å².